The summed E-state index contributed by atoms with van der Waals surface area (Å²) in [4.78, 5) is 10.4. The highest BCUT2D eigenvalue weighted by Gasteiger charge is 2.23. The molecule has 0 aliphatic heterocycles. The predicted octanol–water partition coefficient (Wildman–Crippen LogP) is 1.24. The average Bonchev–Trinajstić information content (AvgIpc) is 1.87. The van der Waals surface area contributed by atoms with Crippen molar-refractivity contribution in [2.75, 3.05) is 7.05 Å². The first-order valence-corrected chi connectivity index (χ1v) is 3.95. The summed E-state index contributed by atoms with van der Waals surface area (Å²) < 4.78 is 0. The van der Waals surface area contributed by atoms with Crippen LogP contribution in [0.4, 0.5) is 0 Å². The minimum Gasteiger partial charge on any atom is -0.481 e. The number of hydrogen-bond donors (Lipinski definition) is 2. The van der Waals surface area contributed by atoms with Gasteiger partial charge in [0.25, 0.3) is 0 Å². The van der Waals surface area contributed by atoms with Crippen LogP contribution in [0.15, 0.2) is 0 Å². The van der Waals surface area contributed by atoms with E-state index in [1.165, 1.54) is 0 Å². The quantitative estimate of drug-likeness (QED) is 0.634. The van der Waals surface area contributed by atoms with Gasteiger partial charge < -0.3 is 10.4 Å². The van der Waals surface area contributed by atoms with Gasteiger partial charge in [-0.3, -0.25) is 4.79 Å². The van der Waals surface area contributed by atoms with Gasteiger partial charge in [0, 0.05) is 5.54 Å². The van der Waals surface area contributed by atoms with Crippen LogP contribution in [0, 0.1) is 0 Å². The number of hydrogen-bond acceptors (Lipinski definition) is 2. The van der Waals surface area contributed by atoms with E-state index in [9.17, 15) is 4.79 Å². The van der Waals surface area contributed by atoms with Gasteiger partial charge in [-0.15, -0.1) is 0 Å². The standard InChI is InChI=1S/C8H17NO2/c1-4-5-8(2,9-3)6-7(10)11/h9H,4-6H2,1-3H3,(H,10,11). The van der Waals surface area contributed by atoms with E-state index in [1.807, 2.05) is 6.92 Å². The van der Waals surface area contributed by atoms with Crippen LogP contribution in [0.3, 0.4) is 0 Å². The van der Waals surface area contributed by atoms with Crippen LogP contribution in [0.25, 0.3) is 0 Å². The molecular formula is C8H17NO2. The van der Waals surface area contributed by atoms with Gasteiger partial charge in [-0.2, -0.15) is 0 Å². The molecule has 1 unspecified atom stereocenters. The Morgan fingerprint density at radius 3 is 2.45 bits per heavy atom. The normalized spacial score (nSPS) is 15.9. The summed E-state index contributed by atoms with van der Waals surface area (Å²) >= 11 is 0. The Morgan fingerprint density at radius 1 is 1.64 bits per heavy atom. The van der Waals surface area contributed by atoms with E-state index in [0.29, 0.717) is 0 Å². The molecule has 0 saturated carbocycles. The first kappa shape index (κ1) is 10.4. The first-order chi connectivity index (χ1) is 5.04. The number of rotatable bonds is 5. The second-order valence-corrected chi connectivity index (χ2v) is 3.13. The molecule has 11 heavy (non-hydrogen) atoms. The molecule has 0 saturated heterocycles. The van der Waals surface area contributed by atoms with Crippen LogP contribution in [-0.4, -0.2) is 23.7 Å². The number of aliphatic carboxylic acids is 1. The number of carboxylic acid groups (broad SMARTS) is 1. The van der Waals surface area contributed by atoms with Crippen LogP contribution >= 0.6 is 0 Å². The van der Waals surface area contributed by atoms with E-state index in [0.717, 1.165) is 12.8 Å². The molecule has 0 radical (unpaired) electrons. The third kappa shape index (κ3) is 3.98. The lowest BCUT2D eigenvalue weighted by Crippen LogP contribution is -2.41. The summed E-state index contributed by atoms with van der Waals surface area (Å²) in [6.45, 7) is 3.99. The SMILES string of the molecule is CCCC(C)(CC(=O)O)NC. The van der Waals surface area contributed by atoms with E-state index in [1.54, 1.807) is 7.05 Å². The van der Waals surface area contributed by atoms with Crippen LogP contribution < -0.4 is 5.32 Å². The summed E-state index contributed by atoms with van der Waals surface area (Å²) in [5.41, 5.74) is -0.236. The van der Waals surface area contributed by atoms with Crippen LogP contribution in [-0.2, 0) is 4.79 Å². The molecule has 66 valence electrons. The van der Waals surface area contributed by atoms with Gasteiger partial charge in [0.05, 0.1) is 6.42 Å². The minimum absolute atomic E-state index is 0.192. The van der Waals surface area contributed by atoms with Crippen molar-refractivity contribution in [3.63, 3.8) is 0 Å². The molecule has 0 rings (SSSR count). The van der Waals surface area contributed by atoms with Crippen molar-refractivity contribution in [2.24, 2.45) is 0 Å². The Kier molecular flexibility index (Phi) is 4.11. The second-order valence-electron chi connectivity index (χ2n) is 3.13. The zero-order valence-corrected chi connectivity index (χ0v) is 7.48. The van der Waals surface area contributed by atoms with Crippen molar-refractivity contribution in [2.45, 2.75) is 38.6 Å². The van der Waals surface area contributed by atoms with E-state index in [-0.39, 0.29) is 12.0 Å². The topological polar surface area (TPSA) is 49.3 Å². The fourth-order valence-corrected chi connectivity index (χ4v) is 1.19. The van der Waals surface area contributed by atoms with Gasteiger partial charge in [-0.25, -0.2) is 0 Å². The van der Waals surface area contributed by atoms with Crippen molar-refractivity contribution in [3.05, 3.63) is 0 Å². The molecule has 1 atom stereocenters. The molecular weight excluding hydrogens is 142 g/mol. The molecule has 0 aromatic carbocycles. The third-order valence-electron chi connectivity index (χ3n) is 1.95. The zero-order chi connectivity index (χ0) is 8.91. The van der Waals surface area contributed by atoms with Crippen molar-refractivity contribution < 1.29 is 9.90 Å². The van der Waals surface area contributed by atoms with Crippen molar-refractivity contribution in [1.29, 1.82) is 0 Å². The van der Waals surface area contributed by atoms with E-state index >= 15 is 0 Å². The van der Waals surface area contributed by atoms with E-state index in [2.05, 4.69) is 12.2 Å². The molecule has 2 N–H and O–H groups in total. The van der Waals surface area contributed by atoms with Crippen molar-refractivity contribution in [1.82, 2.24) is 5.32 Å². The van der Waals surface area contributed by atoms with Crippen molar-refractivity contribution in [3.8, 4) is 0 Å². The minimum atomic E-state index is -0.740. The van der Waals surface area contributed by atoms with Gasteiger partial charge in [0.1, 0.15) is 0 Å². The summed E-state index contributed by atoms with van der Waals surface area (Å²) in [5.74, 6) is -0.740. The zero-order valence-electron chi connectivity index (χ0n) is 7.48. The predicted molar refractivity (Wildman–Crippen MR) is 44.6 cm³/mol. The number of nitrogens with one attached hydrogen (secondary N) is 1. The first-order valence-electron chi connectivity index (χ1n) is 3.95. The highest BCUT2D eigenvalue weighted by Crippen LogP contribution is 2.15. The molecule has 3 heteroatoms. The summed E-state index contributed by atoms with van der Waals surface area (Å²) in [7, 11) is 1.80. The Bertz CT molecular complexity index is 136. The van der Waals surface area contributed by atoms with Gasteiger partial charge in [0.15, 0.2) is 0 Å². The van der Waals surface area contributed by atoms with Crippen molar-refractivity contribution >= 4 is 5.97 Å². The monoisotopic (exact) mass is 159 g/mol. The smallest absolute Gasteiger partial charge is 0.305 e. The fraction of sp³-hybridized carbons (Fsp3) is 0.875. The van der Waals surface area contributed by atoms with E-state index in [4.69, 9.17) is 5.11 Å². The van der Waals surface area contributed by atoms with Gasteiger partial charge >= 0.3 is 5.97 Å². The summed E-state index contributed by atoms with van der Waals surface area (Å²) in [6, 6.07) is 0. The van der Waals surface area contributed by atoms with Crippen LogP contribution in [0.5, 0.6) is 0 Å². The highest BCUT2D eigenvalue weighted by molar-refractivity contribution is 5.68. The number of carboxylic acids is 1. The Balaban J connectivity index is 3.98. The largest absolute Gasteiger partial charge is 0.481 e. The summed E-state index contributed by atoms with van der Waals surface area (Å²) in [6.07, 6.45) is 2.09. The van der Waals surface area contributed by atoms with Crippen LogP contribution in [0.1, 0.15) is 33.1 Å². The summed E-state index contributed by atoms with van der Waals surface area (Å²) in [5, 5.41) is 11.6. The molecule has 0 fully saturated rings. The lowest BCUT2D eigenvalue weighted by atomic mass is 9.93. The van der Waals surface area contributed by atoms with Gasteiger partial charge in [0.2, 0.25) is 0 Å². The maximum Gasteiger partial charge on any atom is 0.305 e. The highest BCUT2D eigenvalue weighted by atomic mass is 16.4. The third-order valence-corrected chi connectivity index (χ3v) is 1.95. The fourth-order valence-electron chi connectivity index (χ4n) is 1.19. The Labute approximate surface area is 67.8 Å². The molecule has 0 amide bonds. The Hall–Kier alpha value is -0.570. The molecule has 0 aromatic heterocycles. The lowest BCUT2D eigenvalue weighted by Gasteiger charge is -2.26. The average molecular weight is 159 g/mol. The molecule has 3 nitrogen and oxygen atoms in total. The van der Waals surface area contributed by atoms with E-state index < -0.39 is 5.97 Å². The second kappa shape index (κ2) is 4.34. The van der Waals surface area contributed by atoms with Crippen LogP contribution in [0.2, 0.25) is 0 Å². The molecule has 0 spiro atoms. The maximum absolute atomic E-state index is 10.4. The lowest BCUT2D eigenvalue weighted by molar-refractivity contribution is -0.138. The molecule has 0 aliphatic carbocycles. The molecule has 0 aromatic rings. The number of carbonyl (C=O) groups is 1. The van der Waals surface area contributed by atoms with Gasteiger partial charge in [-0.1, -0.05) is 13.3 Å². The Morgan fingerprint density at radius 2 is 2.18 bits per heavy atom. The molecule has 0 bridgehead atoms. The van der Waals surface area contributed by atoms with Gasteiger partial charge in [-0.05, 0) is 20.4 Å². The molecule has 0 heterocycles. The maximum atomic E-state index is 10.4. The molecule has 0 aliphatic rings.